The second kappa shape index (κ2) is 5.30. The third kappa shape index (κ3) is 4.25. The number of aliphatic hydroxyl groups is 1. The second-order valence-corrected chi connectivity index (χ2v) is 3.85. The van der Waals surface area contributed by atoms with E-state index in [1.54, 1.807) is 4.99 Å². The van der Waals surface area contributed by atoms with E-state index in [2.05, 4.69) is 31.9 Å². The highest BCUT2D eigenvalue weighted by Crippen LogP contribution is 2.26. The zero-order valence-corrected chi connectivity index (χ0v) is 9.77. The van der Waals surface area contributed by atoms with Crippen molar-refractivity contribution in [2.45, 2.75) is 19.4 Å². The molecule has 0 aliphatic rings. The van der Waals surface area contributed by atoms with Gasteiger partial charge in [0.05, 0.1) is 18.8 Å². The molecule has 0 saturated heterocycles. The third-order valence-electron chi connectivity index (χ3n) is 1.23. The number of rotatable bonds is 4. The predicted octanol–water partition coefficient (Wildman–Crippen LogP) is 2.41. The first kappa shape index (κ1) is 11.6. The Morgan fingerprint density at radius 1 is 1.64 bits per heavy atom. The van der Waals surface area contributed by atoms with Crippen LogP contribution in [-0.4, -0.2) is 23.9 Å². The number of ether oxygens (including phenoxy) is 1. The molecule has 0 aromatic rings. The van der Waals surface area contributed by atoms with Crippen molar-refractivity contribution in [1.29, 1.82) is 0 Å². The number of hydrogen-bond donors (Lipinski definition) is 1. The molecule has 0 bridgehead atoms. The maximum atomic E-state index is 8.51. The number of halogens is 2. The fourth-order valence-corrected chi connectivity index (χ4v) is 1.17. The van der Waals surface area contributed by atoms with Gasteiger partial charge in [0, 0.05) is 4.48 Å². The quantitative estimate of drug-likeness (QED) is 0.860. The molecule has 0 spiro atoms. The highest BCUT2D eigenvalue weighted by molar-refractivity contribution is 9.14. The summed E-state index contributed by atoms with van der Waals surface area (Å²) in [5, 5.41) is 8.51. The molecule has 0 amide bonds. The molecule has 0 aliphatic heterocycles. The molecule has 0 fully saturated rings. The monoisotopic (exact) mass is 286 g/mol. The minimum atomic E-state index is -0.369. The minimum absolute atomic E-state index is 0.0476. The maximum absolute atomic E-state index is 8.51. The van der Waals surface area contributed by atoms with Gasteiger partial charge < -0.3 is 9.84 Å². The van der Waals surface area contributed by atoms with E-state index in [1.807, 2.05) is 13.8 Å². The van der Waals surface area contributed by atoms with Gasteiger partial charge in [-0.3, -0.25) is 0 Å². The lowest BCUT2D eigenvalue weighted by molar-refractivity contribution is -0.00210. The van der Waals surface area contributed by atoms with Gasteiger partial charge in [0.25, 0.3) is 0 Å². The Hall–Kier alpha value is 0.620. The van der Waals surface area contributed by atoms with E-state index in [4.69, 9.17) is 9.84 Å². The smallest absolute Gasteiger partial charge is 0.0945 e. The maximum Gasteiger partial charge on any atom is 0.0945 e. The minimum Gasteiger partial charge on any atom is -0.394 e. The lowest BCUT2D eigenvalue weighted by Gasteiger charge is -2.24. The highest BCUT2D eigenvalue weighted by Gasteiger charge is 2.21. The van der Waals surface area contributed by atoms with Crippen molar-refractivity contribution in [3.63, 3.8) is 0 Å². The largest absolute Gasteiger partial charge is 0.394 e. The lowest BCUT2D eigenvalue weighted by atomic mass is 10.1. The molecule has 0 aromatic carbocycles. The Kier molecular flexibility index (Phi) is 5.60. The highest BCUT2D eigenvalue weighted by atomic mass is 79.9. The van der Waals surface area contributed by atoms with Crippen LogP contribution in [0.25, 0.3) is 0 Å². The van der Waals surface area contributed by atoms with Crippen molar-refractivity contribution < 1.29 is 9.84 Å². The van der Waals surface area contributed by atoms with Gasteiger partial charge in [-0.2, -0.15) is 0 Å². The van der Waals surface area contributed by atoms with Crippen LogP contribution < -0.4 is 0 Å². The molecule has 0 radical (unpaired) electrons. The van der Waals surface area contributed by atoms with Crippen LogP contribution in [0.5, 0.6) is 0 Å². The molecule has 0 rings (SSSR count). The van der Waals surface area contributed by atoms with Crippen LogP contribution in [0.3, 0.4) is 0 Å². The molecule has 0 unspecified atom stereocenters. The van der Waals surface area contributed by atoms with Crippen LogP contribution in [0.15, 0.2) is 9.47 Å². The fraction of sp³-hybridized carbons (Fsp3) is 0.714. The lowest BCUT2D eigenvalue weighted by Crippen LogP contribution is -2.26. The van der Waals surface area contributed by atoms with Gasteiger partial charge in [0.15, 0.2) is 0 Å². The summed E-state index contributed by atoms with van der Waals surface area (Å²) >= 11 is 6.53. The summed E-state index contributed by atoms with van der Waals surface area (Å²) in [6.07, 6.45) is 0. The van der Waals surface area contributed by atoms with E-state index in [1.165, 1.54) is 0 Å². The molecule has 0 aliphatic carbocycles. The second-order valence-electron chi connectivity index (χ2n) is 2.54. The SMILES string of the molecule is CC(C)(OCCO)C(Br)=CBr. The van der Waals surface area contributed by atoms with Crippen molar-refractivity contribution in [3.8, 4) is 0 Å². The summed E-state index contributed by atoms with van der Waals surface area (Å²) in [5.74, 6) is 0. The van der Waals surface area contributed by atoms with Crippen LogP contribution >= 0.6 is 31.9 Å². The average molecular weight is 288 g/mol. The third-order valence-corrected chi connectivity index (χ3v) is 3.48. The average Bonchev–Trinajstić information content (AvgIpc) is 1.99. The molecule has 11 heavy (non-hydrogen) atoms. The standard InChI is InChI=1S/C7H12Br2O2/c1-7(2,6(9)5-8)11-4-3-10/h5,10H,3-4H2,1-2H3. The van der Waals surface area contributed by atoms with E-state index >= 15 is 0 Å². The first-order valence-corrected chi connectivity index (χ1v) is 4.96. The van der Waals surface area contributed by atoms with Crippen molar-refractivity contribution in [2.24, 2.45) is 0 Å². The van der Waals surface area contributed by atoms with E-state index in [-0.39, 0.29) is 12.2 Å². The van der Waals surface area contributed by atoms with Crippen LogP contribution in [0.1, 0.15) is 13.8 Å². The molecule has 2 nitrogen and oxygen atoms in total. The van der Waals surface area contributed by atoms with Gasteiger partial charge in [-0.15, -0.1) is 0 Å². The van der Waals surface area contributed by atoms with E-state index in [0.29, 0.717) is 6.61 Å². The van der Waals surface area contributed by atoms with Gasteiger partial charge in [0.1, 0.15) is 0 Å². The van der Waals surface area contributed by atoms with Crippen molar-refractivity contribution in [3.05, 3.63) is 9.47 Å². The van der Waals surface area contributed by atoms with Gasteiger partial charge in [-0.05, 0) is 18.8 Å². The van der Waals surface area contributed by atoms with E-state index < -0.39 is 0 Å². The van der Waals surface area contributed by atoms with Gasteiger partial charge in [0.2, 0.25) is 0 Å². The van der Waals surface area contributed by atoms with Crippen molar-refractivity contribution in [1.82, 2.24) is 0 Å². The Balaban J connectivity index is 3.99. The number of hydrogen-bond acceptors (Lipinski definition) is 2. The molecular formula is C7H12Br2O2. The van der Waals surface area contributed by atoms with Gasteiger partial charge in [-0.25, -0.2) is 0 Å². The summed E-state index contributed by atoms with van der Waals surface area (Å²) in [6, 6.07) is 0. The predicted molar refractivity (Wildman–Crippen MR) is 53.1 cm³/mol. The van der Waals surface area contributed by atoms with Gasteiger partial charge in [-0.1, -0.05) is 31.9 Å². The van der Waals surface area contributed by atoms with Crippen molar-refractivity contribution >= 4 is 31.9 Å². The van der Waals surface area contributed by atoms with Crippen LogP contribution in [-0.2, 0) is 4.74 Å². The molecule has 66 valence electrons. The summed E-state index contributed by atoms with van der Waals surface area (Å²) in [4.78, 5) is 1.75. The van der Waals surface area contributed by atoms with Gasteiger partial charge >= 0.3 is 0 Å². The molecule has 0 saturated carbocycles. The van der Waals surface area contributed by atoms with Crippen molar-refractivity contribution in [2.75, 3.05) is 13.2 Å². The molecule has 0 atom stereocenters. The van der Waals surface area contributed by atoms with Crippen LogP contribution in [0.2, 0.25) is 0 Å². The zero-order chi connectivity index (χ0) is 8.91. The fourth-order valence-electron chi connectivity index (χ4n) is 0.501. The molecule has 0 heterocycles. The van der Waals surface area contributed by atoms with E-state index in [0.717, 1.165) is 4.48 Å². The summed E-state index contributed by atoms with van der Waals surface area (Å²) in [6.45, 7) is 4.24. The molecule has 4 heteroatoms. The molecular weight excluding hydrogens is 276 g/mol. The number of aliphatic hydroxyl groups excluding tert-OH is 1. The van der Waals surface area contributed by atoms with Crippen LogP contribution in [0.4, 0.5) is 0 Å². The normalized spacial score (nSPS) is 13.7. The van der Waals surface area contributed by atoms with Crippen LogP contribution in [0, 0.1) is 0 Å². The summed E-state index contributed by atoms with van der Waals surface area (Å²) in [7, 11) is 0. The molecule has 0 aromatic heterocycles. The summed E-state index contributed by atoms with van der Waals surface area (Å²) < 4.78 is 6.25. The Morgan fingerprint density at radius 2 is 2.18 bits per heavy atom. The zero-order valence-electron chi connectivity index (χ0n) is 6.60. The topological polar surface area (TPSA) is 29.5 Å². The first-order chi connectivity index (χ1) is 5.04. The summed E-state index contributed by atoms with van der Waals surface area (Å²) in [5.41, 5.74) is -0.369. The Morgan fingerprint density at radius 3 is 2.55 bits per heavy atom. The molecule has 1 N–H and O–H groups in total. The van der Waals surface area contributed by atoms with E-state index in [9.17, 15) is 0 Å². The first-order valence-electron chi connectivity index (χ1n) is 3.25. The Labute approximate surface area is 83.9 Å². The Bertz CT molecular complexity index is 143.